The van der Waals surface area contributed by atoms with Crippen LogP contribution in [0.3, 0.4) is 0 Å². The summed E-state index contributed by atoms with van der Waals surface area (Å²) in [4.78, 5) is 27.6. The minimum atomic E-state index is -0.319. The number of halogens is 1. The number of rotatable bonds is 6. The number of benzene rings is 1. The van der Waals surface area contributed by atoms with Gasteiger partial charge in [-0.2, -0.15) is 0 Å². The molecule has 0 aromatic heterocycles. The molecular formula is C17H25FN4O2. The first-order valence-electron chi connectivity index (χ1n) is 8.35. The molecule has 0 atom stereocenters. The third kappa shape index (κ3) is 5.49. The van der Waals surface area contributed by atoms with Gasteiger partial charge in [0.25, 0.3) is 0 Å². The van der Waals surface area contributed by atoms with Crippen LogP contribution in [0, 0.1) is 5.82 Å². The van der Waals surface area contributed by atoms with Crippen LogP contribution in [0.1, 0.15) is 18.9 Å². The first-order chi connectivity index (χ1) is 11.6. The van der Waals surface area contributed by atoms with Gasteiger partial charge in [0.15, 0.2) is 0 Å². The minimum absolute atomic E-state index is 0.0225. The van der Waals surface area contributed by atoms with Crippen molar-refractivity contribution in [1.82, 2.24) is 20.4 Å². The van der Waals surface area contributed by atoms with Crippen molar-refractivity contribution in [2.45, 2.75) is 19.9 Å². The van der Waals surface area contributed by atoms with Crippen LogP contribution in [0.2, 0.25) is 0 Å². The summed E-state index contributed by atoms with van der Waals surface area (Å²) in [5.74, 6) is -0.296. The van der Waals surface area contributed by atoms with Crippen LogP contribution in [0.15, 0.2) is 24.3 Å². The van der Waals surface area contributed by atoms with E-state index in [0.29, 0.717) is 44.8 Å². The highest BCUT2D eigenvalue weighted by molar-refractivity contribution is 5.78. The lowest BCUT2D eigenvalue weighted by atomic mass is 10.2. The lowest BCUT2D eigenvalue weighted by molar-refractivity contribution is -0.122. The van der Waals surface area contributed by atoms with Crippen molar-refractivity contribution >= 4 is 11.9 Å². The maximum atomic E-state index is 13.5. The maximum Gasteiger partial charge on any atom is 0.317 e. The molecule has 1 heterocycles. The molecule has 1 aliphatic rings. The second-order valence-electron chi connectivity index (χ2n) is 5.86. The van der Waals surface area contributed by atoms with Crippen LogP contribution in [0.5, 0.6) is 0 Å². The lowest BCUT2D eigenvalue weighted by Crippen LogP contribution is -2.53. The van der Waals surface area contributed by atoms with Crippen molar-refractivity contribution in [2.24, 2.45) is 0 Å². The van der Waals surface area contributed by atoms with Crippen LogP contribution in [0.25, 0.3) is 0 Å². The Labute approximate surface area is 142 Å². The smallest absolute Gasteiger partial charge is 0.317 e. The summed E-state index contributed by atoms with van der Waals surface area (Å²) in [6.07, 6.45) is 0.918. The predicted octanol–water partition coefficient (Wildman–Crippen LogP) is 1.18. The SMILES string of the molecule is CCCNC(=O)CN1CCN(C(=O)NCc2ccccc2F)CC1. The van der Waals surface area contributed by atoms with E-state index in [-0.39, 0.29) is 24.3 Å². The summed E-state index contributed by atoms with van der Waals surface area (Å²) in [6, 6.07) is 6.20. The first kappa shape index (κ1) is 18.2. The summed E-state index contributed by atoms with van der Waals surface area (Å²) in [5, 5.41) is 5.59. The quantitative estimate of drug-likeness (QED) is 0.820. The molecule has 1 aromatic carbocycles. The van der Waals surface area contributed by atoms with E-state index in [1.54, 1.807) is 23.1 Å². The zero-order valence-electron chi connectivity index (χ0n) is 14.1. The van der Waals surface area contributed by atoms with E-state index in [1.807, 2.05) is 11.8 Å². The Kier molecular flexibility index (Phi) is 6.99. The number of nitrogens with one attached hydrogen (secondary N) is 2. The topological polar surface area (TPSA) is 64.7 Å². The number of nitrogens with zero attached hydrogens (tertiary/aromatic N) is 2. The molecule has 0 bridgehead atoms. The molecule has 0 aliphatic carbocycles. The number of carbonyl (C=O) groups excluding carboxylic acids is 2. The van der Waals surface area contributed by atoms with E-state index < -0.39 is 0 Å². The molecule has 7 heteroatoms. The Morgan fingerprint density at radius 1 is 1.12 bits per heavy atom. The molecule has 0 radical (unpaired) electrons. The van der Waals surface area contributed by atoms with Crippen LogP contribution in [0.4, 0.5) is 9.18 Å². The maximum absolute atomic E-state index is 13.5. The van der Waals surface area contributed by atoms with Crippen molar-refractivity contribution in [1.29, 1.82) is 0 Å². The second-order valence-corrected chi connectivity index (χ2v) is 5.86. The summed E-state index contributed by atoms with van der Waals surface area (Å²) >= 11 is 0. The molecule has 1 aromatic rings. The van der Waals surface area contributed by atoms with Gasteiger partial charge < -0.3 is 15.5 Å². The number of hydrogen-bond acceptors (Lipinski definition) is 3. The standard InChI is InChI=1S/C17H25FN4O2/c1-2-7-19-16(23)13-21-8-10-22(11-9-21)17(24)20-12-14-5-3-4-6-15(14)18/h3-6H,2,7-13H2,1H3,(H,19,23)(H,20,24). The Bertz CT molecular complexity index is 559. The van der Waals surface area contributed by atoms with E-state index in [4.69, 9.17) is 0 Å². The highest BCUT2D eigenvalue weighted by Gasteiger charge is 2.22. The summed E-state index contributed by atoms with van der Waals surface area (Å²) in [6.45, 7) is 5.68. The van der Waals surface area contributed by atoms with Gasteiger partial charge in [0, 0.05) is 44.8 Å². The van der Waals surface area contributed by atoms with Gasteiger partial charge >= 0.3 is 6.03 Å². The zero-order valence-corrected chi connectivity index (χ0v) is 14.1. The van der Waals surface area contributed by atoms with E-state index >= 15 is 0 Å². The molecule has 6 nitrogen and oxygen atoms in total. The first-order valence-corrected chi connectivity index (χ1v) is 8.35. The average Bonchev–Trinajstić information content (AvgIpc) is 2.59. The monoisotopic (exact) mass is 336 g/mol. The highest BCUT2D eigenvalue weighted by Crippen LogP contribution is 2.07. The number of carbonyl (C=O) groups is 2. The number of piperazine rings is 1. The predicted molar refractivity (Wildman–Crippen MR) is 89.9 cm³/mol. The number of urea groups is 1. The molecule has 1 saturated heterocycles. The summed E-state index contributed by atoms with van der Waals surface area (Å²) < 4.78 is 13.5. The zero-order chi connectivity index (χ0) is 17.4. The molecule has 2 N–H and O–H groups in total. The molecule has 24 heavy (non-hydrogen) atoms. The third-order valence-electron chi connectivity index (χ3n) is 3.99. The molecular weight excluding hydrogens is 311 g/mol. The van der Waals surface area contributed by atoms with Crippen LogP contribution in [-0.4, -0.2) is 61.0 Å². The molecule has 2 rings (SSSR count). The molecule has 1 aliphatic heterocycles. The molecule has 3 amide bonds. The van der Waals surface area contributed by atoms with Gasteiger partial charge in [-0.05, 0) is 12.5 Å². The van der Waals surface area contributed by atoms with Crippen molar-refractivity contribution in [3.8, 4) is 0 Å². The van der Waals surface area contributed by atoms with Crippen LogP contribution >= 0.6 is 0 Å². The largest absolute Gasteiger partial charge is 0.355 e. The lowest BCUT2D eigenvalue weighted by Gasteiger charge is -2.34. The van der Waals surface area contributed by atoms with Gasteiger partial charge in [0.2, 0.25) is 5.91 Å². The van der Waals surface area contributed by atoms with Gasteiger partial charge in [-0.25, -0.2) is 9.18 Å². The Hall–Kier alpha value is -2.15. The van der Waals surface area contributed by atoms with E-state index in [2.05, 4.69) is 10.6 Å². The molecule has 1 fully saturated rings. The molecule has 0 saturated carbocycles. The van der Waals surface area contributed by atoms with E-state index in [9.17, 15) is 14.0 Å². The molecule has 0 spiro atoms. The Balaban J connectivity index is 1.71. The molecule has 0 unspecified atom stereocenters. The van der Waals surface area contributed by atoms with E-state index in [0.717, 1.165) is 6.42 Å². The molecule has 132 valence electrons. The fourth-order valence-electron chi connectivity index (χ4n) is 2.56. The van der Waals surface area contributed by atoms with Gasteiger partial charge in [-0.15, -0.1) is 0 Å². The van der Waals surface area contributed by atoms with Crippen molar-refractivity contribution in [3.05, 3.63) is 35.6 Å². The summed E-state index contributed by atoms with van der Waals surface area (Å²) in [5.41, 5.74) is 0.470. The second kappa shape index (κ2) is 9.22. The number of amides is 3. The van der Waals surface area contributed by atoms with Crippen molar-refractivity contribution < 1.29 is 14.0 Å². The average molecular weight is 336 g/mol. The Morgan fingerprint density at radius 3 is 2.50 bits per heavy atom. The van der Waals surface area contributed by atoms with Gasteiger partial charge in [-0.1, -0.05) is 25.1 Å². The fourth-order valence-corrected chi connectivity index (χ4v) is 2.56. The van der Waals surface area contributed by atoms with Crippen LogP contribution in [-0.2, 0) is 11.3 Å². The van der Waals surface area contributed by atoms with Crippen molar-refractivity contribution in [2.75, 3.05) is 39.3 Å². The highest BCUT2D eigenvalue weighted by atomic mass is 19.1. The van der Waals surface area contributed by atoms with E-state index in [1.165, 1.54) is 6.07 Å². The van der Waals surface area contributed by atoms with Gasteiger partial charge in [-0.3, -0.25) is 9.69 Å². The van der Waals surface area contributed by atoms with Gasteiger partial charge in [0.05, 0.1) is 6.54 Å². The fraction of sp³-hybridized carbons (Fsp3) is 0.529. The van der Waals surface area contributed by atoms with Crippen molar-refractivity contribution in [3.63, 3.8) is 0 Å². The normalized spacial score (nSPS) is 15.2. The van der Waals surface area contributed by atoms with Gasteiger partial charge in [0.1, 0.15) is 5.82 Å². The van der Waals surface area contributed by atoms with Crippen LogP contribution < -0.4 is 10.6 Å². The summed E-state index contributed by atoms with van der Waals surface area (Å²) in [7, 11) is 0. The number of hydrogen-bond donors (Lipinski definition) is 2. The minimum Gasteiger partial charge on any atom is -0.355 e. The Morgan fingerprint density at radius 2 is 1.83 bits per heavy atom. The third-order valence-corrected chi connectivity index (χ3v) is 3.99.